The molecular formula is C16H18N6O. The summed E-state index contributed by atoms with van der Waals surface area (Å²) in [6, 6.07) is 3.86. The Morgan fingerprint density at radius 3 is 2.74 bits per heavy atom. The number of nitrogens with one attached hydrogen (secondary N) is 1. The van der Waals surface area contributed by atoms with Gasteiger partial charge >= 0.3 is 0 Å². The second-order valence-electron chi connectivity index (χ2n) is 5.77. The van der Waals surface area contributed by atoms with Crippen LogP contribution in [0, 0.1) is 0 Å². The first-order chi connectivity index (χ1) is 11.2. The number of nitrogens with zero attached hydrogens (tertiary/aromatic N) is 4. The van der Waals surface area contributed by atoms with E-state index in [0.29, 0.717) is 0 Å². The molecule has 118 valence electrons. The predicted octanol–water partition coefficient (Wildman–Crippen LogP) is 1.56. The van der Waals surface area contributed by atoms with Crippen molar-refractivity contribution in [2.75, 3.05) is 23.7 Å². The van der Waals surface area contributed by atoms with Crippen molar-refractivity contribution in [2.45, 2.75) is 18.9 Å². The minimum Gasteiger partial charge on any atom is -0.393 e. The number of pyridine rings is 1. The van der Waals surface area contributed by atoms with Crippen LogP contribution in [0.3, 0.4) is 0 Å². The van der Waals surface area contributed by atoms with E-state index < -0.39 is 0 Å². The fourth-order valence-corrected chi connectivity index (χ4v) is 3.14. The van der Waals surface area contributed by atoms with Crippen LogP contribution in [-0.2, 0) is 0 Å². The van der Waals surface area contributed by atoms with Crippen molar-refractivity contribution in [3.8, 4) is 11.3 Å². The van der Waals surface area contributed by atoms with Gasteiger partial charge in [0.05, 0.1) is 17.2 Å². The Morgan fingerprint density at radius 2 is 1.96 bits per heavy atom. The summed E-state index contributed by atoms with van der Waals surface area (Å²) in [5.41, 5.74) is 9.38. The van der Waals surface area contributed by atoms with E-state index in [1.165, 1.54) is 0 Å². The molecule has 7 nitrogen and oxygen atoms in total. The minimum atomic E-state index is -0.198. The summed E-state index contributed by atoms with van der Waals surface area (Å²) in [6.45, 7) is 1.66. The molecule has 1 aliphatic heterocycles. The molecule has 3 aromatic rings. The fourth-order valence-electron chi connectivity index (χ4n) is 3.14. The molecule has 3 aromatic heterocycles. The zero-order valence-electron chi connectivity index (χ0n) is 12.6. The number of anilines is 2. The maximum atomic E-state index is 9.73. The number of nitrogens with two attached hydrogens (primary N) is 1. The maximum Gasteiger partial charge on any atom is 0.220 e. The summed E-state index contributed by atoms with van der Waals surface area (Å²) in [4.78, 5) is 18.2. The lowest BCUT2D eigenvalue weighted by Crippen LogP contribution is -2.35. The smallest absolute Gasteiger partial charge is 0.220 e. The van der Waals surface area contributed by atoms with Gasteiger partial charge in [0.1, 0.15) is 5.65 Å². The number of aromatic amines is 1. The molecule has 0 aliphatic carbocycles. The molecule has 4 N–H and O–H groups in total. The van der Waals surface area contributed by atoms with Crippen LogP contribution in [0.1, 0.15) is 12.8 Å². The number of hydrogen-bond acceptors (Lipinski definition) is 6. The van der Waals surface area contributed by atoms with Crippen molar-refractivity contribution in [1.29, 1.82) is 0 Å². The van der Waals surface area contributed by atoms with Crippen molar-refractivity contribution in [2.24, 2.45) is 0 Å². The molecule has 0 atom stereocenters. The second kappa shape index (κ2) is 5.51. The van der Waals surface area contributed by atoms with Gasteiger partial charge in [-0.1, -0.05) is 0 Å². The van der Waals surface area contributed by atoms with Gasteiger partial charge in [0.2, 0.25) is 5.95 Å². The summed E-state index contributed by atoms with van der Waals surface area (Å²) in [5.74, 6) is 0.253. The van der Waals surface area contributed by atoms with Crippen molar-refractivity contribution in [3.05, 3.63) is 30.7 Å². The number of aliphatic hydroxyl groups is 1. The Morgan fingerprint density at radius 1 is 1.17 bits per heavy atom. The van der Waals surface area contributed by atoms with Crippen molar-refractivity contribution in [3.63, 3.8) is 0 Å². The van der Waals surface area contributed by atoms with E-state index in [0.717, 1.165) is 53.9 Å². The average molecular weight is 310 g/mol. The first-order valence-electron chi connectivity index (χ1n) is 7.70. The molecule has 0 unspecified atom stereocenters. The molecule has 1 aliphatic rings. The van der Waals surface area contributed by atoms with Crippen LogP contribution in [0.25, 0.3) is 22.3 Å². The molecule has 0 amide bonds. The molecule has 0 aromatic carbocycles. The first-order valence-corrected chi connectivity index (χ1v) is 7.70. The van der Waals surface area contributed by atoms with Crippen LogP contribution >= 0.6 is 0 Å². The summed E-state index contributed by atoms with van der Waals surface area (Å²) in [6.07, 6.45) is 6.73. The van der Waals surface area contributed by atoms with E-state index in [1.54, 1.807) is 12.4 Å². The first kappa shape index (κ1) is 14.0. The summed E-state index contributed by atoms with van der Waals surface area (Å²) in [5, 5.41) is 10.8. The zero-order chi connectivity index (χ0) is 15.8. The lowest BCUT2D eigenvalue weighted by atomic mass is 10.0. The van der Waals surface area contributed by atoms with E-state index in [1.807, 2.05) is 18.3 Å². The third kappa shape index (κ3) is 2.49. The standard InChI is InChI=1S/C16H18N6O/c17-16-19-5-1-12(21-16)11-9-20-15-14(11)13(2-6-18-15)22-7-3-10(23)4-8-22/h1-2,5-6,9-10,23H,3-4,7-8H2,(H,18,20)(H2,17,19,21). The van der Waals surface area contributed by atoms with Gasteiger partial charge in [0.25, 0.3) is 0 Å². The molecule has 1 fully saturated rings. The van der Waals surface area contributed by atoms with E-state index >= 15 is 0 Å². The molecule has 0 bridgehead atoms. The van der Waals surface area contributed by atoms with Gasteiger partial charge in [0, 0.05) is 42.9 Å². The molecule has 0 saturated carbocycles. The lowest BCUT2D eigenvalue weighted by molar-refractivity contribution is 0.145. The molecule has 0 spiro atoms. The SMILES string of the molecule is Nc1nccc(-c2c[nH]c3nccc(N4CCC(O)CC4)c23)n1. The Hall–Kier alpha value is -2.67. The fraction of sp³-hybridized carbons (Fsp3) is 0.312. The predicted molar refractivity (Wildman–Crippen MR) is 89.0 cm³/mol. The van der Waals surface area contributed by atoms with Crippen molar-refractivity contribution in [1.82, 2.24) is 19.9 Å². The molecule has 0 radical (unpaired) electrons. The van der Waals surface area contributed by atoms with Crippen LogP contribution < -0.4 is 10.6 Å². The summed E-state index contributed by atoms with van der Waals surface area (Å²) >= 11 is 0. The summed E-state index contributed by atoms with van der Waals surface area (Å²) in [7, 11) is 0. The zero-order valence-corrected chi connectivity index (χ0v) is 12.6. The van der Waals surface area contributed by atoms with Gasteiger partial charge in [-0.15, -0.1) is 0 Å². The number of aromatic nitrogens is 4. The van der Waals surface area contributed by atoms with E-state index in [4.69, 9.17) is 5.73 Å². The van der Waals surface area contributed by atoms with Crippen molar-refractivity contribution < 1.29 is 5.11 Å². The average Bonchev–Trinajstić information content (AvgIpc) is 3.00. The lowest BCUT2D eigenvalue weighted by Gasteiger charge is -2.32. The molecule has 4 heterocycles. The third-order valence-corrected chi connectivity index (χ3v) is 4.31. The van der Waals surface area contributed by atoms with Gasteiger partial charge in [-0.3, -0.25) is 0 Å². The quantitative estimate of drug-likeness (QED) is 0.663. The topological polar surface area (TPSA) is 104 Å². The van der Waals surface area contributed by atoms with Crippen LogP contribution in [0.2, 0.25) is 0 Å². The van der Waals surface area contributed by atoms with Gasteiger partial charge in [-0.05, 0) is 25.0 Å². The minimum absolute atomic E-state index is 0.198. The Bertz CT molecular complexity index is 837. The highest BCUT2D eigenvalue weighted by molar-refractivity contribution is 6.02. The number of piperidine rings is 1. The Balaban J connectivity index is 1.84. The van der Waals surface area contributed by atoms with Gasteiger partial charge < -0.3 is 20.7 Å². The highest BCUT2D eigenvalue weighted by Crippen LogP contribution is 2.35. The van der Waals surface area contributed by atoms with Gasteiger partial charge in [0.15, 0.2) is 0 Å². The molecule has 1 saturated heterocycles. The number of rotatable bonds is 2. The highest BCUT2D eigenvalue weighted by Gasteiger charge is 2.21. The number of nitrogen functional groups attached to an aromatic ring is 1. The van der Waals surface area contributed by atoms with Crippen LogP contribution in [-0.4, -0.2) is 44.2 Å². The number of hydrogen-bond donors (Lipinski definition) is 3. The van der Waals surface area contributed by atoms with Crippen molar-refractivity contribution >= 4 is 22.7 Å². The highest BCUT2D eigenvalue weighted by atomic mass is 16.3. The molecule has 4 rings (SSSR count). The van der Waals surface area contributed by atoms with Crippen LogP contribution in [0.15, 0.2) is 30.7 Å². The monoisotopic (exact) mass is 310 g/mol. The number of aliphatic hydroxyl groups excluding tert-OH is 1. The third-order valence-electron chi connectivity index (χ3n) is 4.31. The van der Waals surface area contributed by atoms with Gasteiger partial charge in [-0.25, -0.2) is 15.0 Å². The normalized spacial score (nSPS) is 16.1. The largest absolute Gasteiger partial charge is 0.393 e. The Labute approximate surface area is 133 Å². The van der Waals surface area contributed by atoms with Crippen LogP contribution in [0.4, 0.5) is 11.6 Å². The Kier molecular flexibility index (Phi) is 3.34. The molecular weight excluding hydrogens is 292 g/mol. The van der Waals surface area contributed by atoms with E-state index in [9.17, 15) is 5.11 Å². The maximum absolute atomic E-state index is 9.73. The second-order valence-corrected chi connectivity index (χ2v) is 5.77. The van der Waals surface area contributed by atoms with E-state index in [2.05, 4.69) is 24.8 Å². The van der Waals surface area contributed by atoms with Crippen LogP contribution in [0.5, 0.6) is 0 Å². The molecule has 7 heteroatoms. The summed E-state index contributed by atoms with van der Waals surface area (Å²) < 4.78 is 0. The van der Waals surface area contributed by atoms with Gasteiger partial charge in [-0.2, -0.15) is 0 Å². The number of H-pyrrole nitrogens is 1. The van der Waals surface area contributed by atoms with E-state index in [-0.39, 0.29) is 12.1 Å². The molecule has 23 heavy (non-hydrogen) atoms. The number of fused-ring (bicyclic) bond motifs is 1.